The standard InChI is InChI=1S/C19H17NO4/c1-23-18-6-5-17(10-16(18)11-21)20-19(22)14-4-2-3-13(9-14)15-7-8-24-12-15/h2-10,12,21H,11H2,1H3,(H,20,22). The molecule has 5 heteroatoms. The predicted molar refractivity (Wildman–Crippen MR) is 91.0 cm³/mol. The number of hydrogen-bond acceptors (Lipinski definition) is 4. The highest BCUT2D eigenvalue weighted by molar-refractivity contribution is 6.05. The molecule has 0 saturated heterocycles. The van der Waals surface area contributed by atoms with E-state index in [0.29, 0.717) is 22.6 Å². The van der Waals surface area contributed by atoms with Crippen molar-refractivity contribution < 1.29 is 19.1 Å². The summed E-state index contributed by atoms with van der Waals surface area (Å²) in [7, 11) is 1.54. The molecule has 5 nitrogen and oxygen atoms in total. The van der Waals surface area contributed by atoms with E-state index in [1.54, 1.807) is 42.9 Å². The second kappa shape index (κ2) is 7.02. The molecule has 122 valence electrons. The maximum absolute atomic E-state index is 12.5. The number of rotatable bonds is 5. The normalized spacial score (nSPS) is 10.4. The van der Waals surface area contributed by atoms with E-state index in [-0.39, 0.29) is 12.5 Å². The molecule has 0 unspecified atom stereocenters. The average Bonchev–Trinajstić information content (AvgIpc) is 3.16. The van der Waals surface area contributed by atoms with Gasteiger partial charge in [0.25, 0.3) is 5.91 Å². The lowest BCUT2D eigenvalue weighted by Crippen LogP contribution is -2.12. The Bertz CT molecular complexity index is 840. The number of carbonyl (C=O) groups is 1. The molecule has 0 bridgehead atoms. The fourth-order valence-electron chi connectivity index (χ4n) is 2.45. The zero-order valence-electron chi connectivity index (χ0n) is 13.2. The molecular formula is C19H17NO4. The van der Waals surface area contributed by atoms with Gasteiger partial charge in [0.2, 0.25) is 0 Å². The van der Waals surface area contributed by atoms with Gasteiger partial charge >= 0.3 is 0 Å². The lowest BCUT2D eigenvalue weighted by molar-refractivity contribution is 0.102. The van der Waals surface area contributed by atoms with Gasteiger partial charge in [-0.1, -0.05) is 12.1 Å². The molecule has 0 aliphatic carbocycles. The van der Waals surface area contributed by atoms with E-state index in [0.717, 1.165) is 11.1 Å². The monoisotopic (exact) mass is 323 g/mol. The van der Waals surface area contributed by atoms with Crippen LogP contribution in [0.1, 0.15) is 15.9 Å². The van der Waals surface area contributed by atoms with Gasteiger partial charge in [-0.15, -0.1) is 0 Å². The van der Waals surface area contributed by atoms with Gasteiger partial charge in [0.05, 0.1) is 26.2 Å². The zero-order valence-corrected chi connectivity index (χ0v) is 13.2. The summed E-state index contributed by atoms with van der Waals surface area (Å²) in [5.41, 5.74) is 3.56. The molecular weight excluding hydrogens is 306 g/mol. The lowest BCUT2D eigenvalue weighted by Gasteiger charge is -2.10. The molecule has 1 amide bonds. The molecule has 0 atom stereocenters. The first kappa shape index (κ1) is 15.8. The van der Waals surface area contributed by atoms with E-state index in [1.807, 2.05) is 18.2 Å². The Morgan fingerprint density at radius 2 is 2.04 bits per heavy atom. The zero-order chi connectivity index (χ0) is 16.9. The molecule has 0 fully saturated rings. The number of nitrogens with one attached hydrogen (secondary N) is 1. The van der Waals surface area contributed by atoms with E-state index in [2.05, 4.69) is 5.32 Å². The third kappa shape index (κ3) is 3.31. The summed E-state index contributed by atoms with van der Waals surface area (Å²) < 4.78 is 10.2. The Kier molecular flexibility index (Phi) is 4.63. The van der Waals surface area contributed by atoms with Crippen LogP contribution in [0.5, 0.6) is 5.75 Å². The maximum Gasteiger partial charge on any atom is 0.255 e. The summed E-state index contributed by atoms with van der Waals surface area (Å²) in [5.74, 6) is 0.354. The summed E-state index contributed by atoms with van der Waals surface area (Å²) in [6.07, 6.45) is 3.23. The Morgan fingerprint density at radius 3 is 2.75 bits per heavy atom. The van der Waals surface area contributed by atoms with Crippen molar-refractivity contribution >= 4 is 11.6 Å². The number of benzene rings is 2. The number of hydrogen-bond donors (Lipinski definition) is 2. The second-order valence-corrected chi connectivity index (χ2v) is 5.23. The summed E-state index contributed by atoms with van der Waals surface area (Å²) in [6.45, 7) is -0.164. The van der Waals surface area contributed by atoms with E-state index in [1.165, 1.54) is 7.11 Å². The van der Waals surface area contributed by atoms with Crippen LogP contribution in [0.3, 0.4) is 0 Å². The first-order valence-corrected chi connectivity index (χ1v) is 7.43. The molecule has 1 aromatic heterocycles. The second-order valence-electron chi connectivity index (χ2n) is 5.23. The van der Waals surface area contributed by atoms with Gasteiger partial charge in [-0.2, -0.15) is 0 Å². The van der Waals surface area contributed by atoms with Crippen LogP contribution in [0.25, 0.3) is 11.1 Å². The smallest absolute Gasteiger partial charge is 0.255 e. The van der Waals surface area contributed by atoms with Crippen LogP contribution in [0.4, 0.5) is 5.69 Å². The summed E-state index contributed by atoms with van der Waals surface area (Å²) in [6, 6.07) is 14.3. The minimum Gasteiger partial charge on any atom is -0.496 e. The van der Waals surface area contributed by atoms with Gasteiger partial charge in [-0.05, 0) is 42.0 Å². The molecule has 0 spiro atoms. The van der Waals surface area contributed by atoms with Crippen LogP contribution in [-0.2, 0) is 6.61 Å². The van der Waals surface area contributed by atoms with Crippen LogP contribution in [0, 0.1) is 0 Å². The number of ether oxygens (including phenoxy) is 1. The van der Waals surface area contributed by atoms with Crippen molar-refractivity contribution in [3.63, 3.8) is 0 Å². The van der Waals surface area contributed by atoms with E-state index in [9.17, 15) is 9.90 Å². The van der Waals surface area contributed by atoms with Gasteiger partial charge in [0, 0.05) is 22.4 Å². The van der Waals surface area contributed by atoms with Gasteiger partial charge in [-0.3, -0.25) is 4.79 Å². The van der Waals surface area contributed by atoms with Gasteiger partial charge < -0.3 is 19.6 Å². The number of amides is 1. The molecule has 1 heterocycles. The van der Waals surface area contributed by atoms with Crippen molar-refractivity contribution in [2.75, 3.05) is 12.4 Å². The van der Waals surface area contributed by atoms with E-state index < -0.39 is 0 Å². The minimum atomic E-state index is -0.227. The van der Waals surface area contributed by atoms with Crippen LogP contribution < -0.4 is 10.1 Å². The van der Waals surface area contributed by atoms with Crippen LogP contribution in [0.2, 0.25) is 0 Å². The molecule has 2 N–H and O–H groups in total. The highest BCUT2D eigenvalue weighted by Gasteiger charge is 2.10. The number of furan rings is 1. The van der Waals surface area contributed by atoms with Crippen molar-refractivity contribution in [3.05, 3.63) is 72.2 Å². The Hall–Kier alpha value is -3.05. The molecule has 24 heavy (non-hydrogen) atoms. The number of aliphatic hydroxyl groups is 1. The first-order chi connectivity index (χ1) is 11.7. The molecule has 0 aliphatic rings. The van der Waals surface area contributed by atoms with Gasteiger partial charge in [0.1, 0.15) is 5.75 Å². The van der Waals surface area contributed by atoms with Crippen molar-refractivity contribution in [2.24, 2.45) is 0 Å². The van der Waals surface area contributed by atoms with Crippen LogP contribution in [0.15, 0.2) is 65.5 Å². The topological polar surface area (TPSA) is 71.7 Å². The van der Waals surface area contributed by atoms with Crippen molar-refractivity contribution in [3.8, 4) is 16.9 Å². The van der Waals surface area contributed by atoms with Gasteiger partial charge in [0.15, 0.2) is 0 Å². The van der Waals surface area contributed by atoms with E-state index in [4.69, 9.17) is 9.15 Å². The van der Waals surface area contributed by atoms with Crippen molar-refractivity contribution in [1.82, 2.24) is 0 Å². The number of carbonyl (C=O) groups excluding carboxylic acids is 1. The van der Waals surface area contributed by atoms with Gasteiger partial charge in [-0.25, -0.2) is 0 Å². The molecule has 3 aromatic rings. The lowest BCUT2D eigenvalue weighted by atomic mass is 10.1. The fraction of sp³-hybridized carbons (Fsp3) is 0.105. The first-order valence-electron chi connectivity index (χ1n) is 7.43. The predicted octanol–water partition coefficient (Wildman–Crippen LogP) is 3.70. The Morgan fingerprint density at radius 1 is 1.17 bits per heavy atom. The minimum absolute atomic E-state index is 0.164. The SMILES string of the molecule is COc1ccc(NC(=O)c2cccc(-c3ccoc3)c2)cc1CO. The fourth-order valence-corrected chi connectivity index (χ4v) is 2.45. The van der Waals surface area contributed by atoms with Crippen molar-refractivity contribution in [1.29, 1.82) is 0 Å². The highest BCUT2D eigenvalue weighted by Crippen LogP contribution is 2.24. The molecule has 0 aliphatic heterocycles. The number of anilines is 1. The van der Waals surface area contributed by atoms with Crippen LogP contribution in [-0.4, -0.2) is 18.1 Å². The quantitative estimate of drug-likeness (QED) is 0.751. The number of methoxy groups -OCH3 is 1. The number of aliphatic hydroxyl groups excluding tert-OH is 1. The highest BCUT2D eigenvalue weighted by atomic mass is 16.5. The largest absolute Gasteiger partial charge is 0.496 e. The molecule has 0 saturated carbocycles. The Labute approximate surface area is 139 Å². The Balaban J connectivity index is 1.81. The molecule has 2 aromatic carbocycles. The summed E-state index contributed by atoms with van der Waals surface area (Å²) in [5, 5.41) is 12.2. The summed E-state index contributed by atoms with van der Waals surface area (Å²) >= 11 is 0. The molecule has 0 radical (unpaired) electrons. The third-order valence-electron chi connectivity index (χ3n) is 3.69. The van der Waals surface area contributed by atoms with Crippen LogP contribution >= 0.6 is 0 Å². The maximum atomic E-state index is 12.5. The summed E-state index contributed by atoms with van der Waals surface area (Å²) in [4.78, 5) is 12.5. The van der Waals surface area contributed by atoms with Crippen molar-refractivity contribution in [2.45, 2.75) is 6.61 Å². The average molecular weight is 323 g/mol. The molecule has 3 rings (SSSR count). The third-order valence-corrected chi connectivity index (χ3v) is 3.69. The van der Waals surface area contributed by atoms with E-state index >= 15 is 0 Å².